The van der Waals surface area contributed by atoms with Crippen molar-refractivity contribution in [3.05, 3.63) is 0 Å². The van der Waals surface area contributed by atoms with Crippen molar-refractivity contribution in [2.75, 3.05) is 26.4 Å². The van der Waals surface area contributed by atoms with Crippen molar-refractivity contribution in [3.8, 4) is 0 Å². The number of amides is 1. The van der Waals surface area contributed by atoms with Gasteiger partial charge in [0.1, 0.15) is 0 Å². The topological polar surface area (TPSA) is 76.1 Å². The summed E-state index contributed by atoms with van der Waals surface area (Å²) in [5.41, 5.74) is 0. The minimum Gasteiger partial charge on any atom is -0.481 e. The summed E-state index contributed by atoms with van der Waals surface area (Å²) in [5, 5.41) is 8.85. The first-order valence-corrected chi connectivity index (χ1v) is 7.35. The number of ether oxygens (including phenoxy) is 2. The number of carboxylic acid groups (broad SMARTS) is 1. The molecule has 1 heterocycles. The van der Waals surface area contributed by atoms with Crippen LogP contribution in [0.25, 0.3) is 0 Å². The van der Waals surface area contributed by atoms with Crippen LogP contribution in [0.15, 0.2) is 0 Å². The zero-order chi connectivity index (χ0) is 14.5. The Kier molecular flexibility index (Phi) is 5.37. The molecule has 0 spiro atoms. The summed E-state index contributed by atoms with van der Waals surface area (Å²) in [6.07, 6.45) is 2.36. The van der Waals surface area contributed by atoms with Crippen molar-refractivity contribution in [2.24, 2.45) is 5.92 Å². The lowest BCUT2D eigenvalue weighted by Crippen LogP contribution is -2.45. The van der Waals surface area contributed by atoms with Gasteiger partial charge in [-0.2, -0.15) is 0 Å². The minimum absolute atomic E-state index is 0.00484. The average Bonchev–Trinajstić information content (AvgIpc) is 3.19. The number of rotatable bonds is 7. The van der Waals surface area contributed by atoms with Crippen molar-refractivity contribution in [1.29, 1.82) is 0 Å². The Balaban J connectivity index is 1.94. The number of carbonyl (C=O) groups is 2. The van der Waals surface area contributed by atoms with E-state index in [1.54, 1.807) is 4.90 Å². The van der Waals surface area contributed by atoms with Crippen LogP contribution in [-0.4, -0.2) is 60.4 Å². The molecule has 6 nitrogen and oxygen atoms in total. The molecular weight excluding hydrogens is 262 g/mol. The maximum atomic E-state index is 12.5. The van der Waals surface area contributed by atoms with Gasteiger partial charge in [-0.05, 0) is 26.2 Å². The molecule has 2 fully saturated rings. The third-order valence-corrected chi connectivity index (χ3v) is 3.91. The molecule has 0 radical (unpaired) electrons. The third kappa shape index (κ3) is 3.93. The molecule has 2 atom stereocenters. The molecule has 0 unspecified atom stereocenters. The maximum Gasteiger partial charge on any atom is 0.305 e. The molecule has 1 saturated heterocycles. The van der Waals surface area contributed by atoms with Crippen molar-refractivity contribution in [3.63, 3.8) is 0 Å². The molecule has 1 aliphatic heterocycles. The number of carboxylic acids is 1. The summed E-state index contributed by atoms with van der Waals surface area (Å²) in [5.74, 6) is -0.893. The Morgan fingerprint density at radius 1 is 1.35 bits per heavy atom. The second-order valence-electron chi connectivity index (χ2n) is 5.35. The summed E-state index contributed by atoms with van der Waals surface area (Å²) in [4.78, 5) is 25.0. The summed E-state index contributed by atoms with van der Waals surface area (Å²) in [6.45, 7) is 4.09. The zero-order valence-electron chi connectivity index (χ0n) is 11.9. The predicted molar refractivity (Wildman–Crippen MR) is 71.3 cm³/mol. The summed E-state index contributed by atoms with van der Waals surface area (Å²) in [6, 6.07) is 0.110. The van der Waals surface area contributed by atoms with Crippen LogP contribution in [0, 0.1) is 5.92 Å². The smallest absolute Gasteiger partial charge is 0.305 e. The van der Waals surface area contributed by atoms with E-state index in [1.807, 2.05) is 6.92 Å². The molecular formula is C14H23NO5. The first kappa shape index (κ1) is 15.3. The molecule has 0 aromatic heterocycles. The summed E-state index contributed by atoms with van der Waals surface area (Å²) < 4.78 is 10.8. The van der Waals surface area contributed by atoms with Gasteiger partial charge in [0.25, 0.3) is 0 Å². The highest BCUT2D eigenvalue weighted by Gasteiger charge is 2.47. The third-order valence-electron chi connectivity index (χ3n) is 3.91. The van der Waals surface area contributed by atoms with E-state index < -0.39 is 5.97 Å². The first-order chi connectivity index (χ1) is 9.63. The van der Waals surface area contributed by atoms with Gasteiger partial charge in [0.15, 0.2) is 0 Å². The van der Waals surface area contributed by atoms with E-state index in [4.69, 9.17) is 14.6 Å². The largest absolute Gasteiger partial charge is 0.481 e. The SMILES string of the molecule is CCO[C@@H]1C[C@@H]1C(=O)N(CCC(=O)O)C1CCOCC1. The van der Waals surface area contributed by atoms with Gasteiger partial charge in [0.2, 0.25) is 5.91 Å². The van der Waals surface area contributed by atoms with Crippen LogP contribution >= 0.6 is 0 Å². The van der Waals surface area contributed by atoms with Crippen LogP contribution in [0.5, 0.6) is 0 Å². The number of carbonyl (C=O) groups excluding carboxylic acids is 1. The Labute approximate surface area is 119 Å². The fourth-order valence-electron chi connectivity index (χ4n) is 2.73. The van der Waals surface area contributed by atoms with E-state index in [1.165, 1.54) is 0 Å². The second kappa shape index (κ2) is 7.04. The van der Waals surface area contributed by atoms with Crippen molar-refractivity contribution >= 4 is 11.9 Å². The highest BCUT2D eigenvalue weighted by Crippen LogP contribution is 2.36. The molecule has 1 N–H and O–H groups in total. The Morgan fingerprint density at radius 3 is 2.65 bits per heavy atom. The van der Waals surface area contributed by atoms with E-state index in [2.05, 4.69) is 0 Å². The Hall–Kier alpha value is -1.14. The molecule has 6 heteroatoms. The van der Waals surface area contributed by atoms with Crippen LogP contribution in [-0.2, 0) is 19.1 Å². The van der Waals surface area contributed by atoms with E-state index in [0.29, 0.717) is 19.8 Å². The minimum atomic E-state index is -0.869. The van der Waals surface area contributed by atoms with Gasteiger partial charge in [-0.3, -0.25) is 9.59 Å². The average molecular weight is 285 g/mol. The highest BCUT2D eigenvalue weighted by atomic mass is 16.5. The van der Waals surface area contributed by atoms with E-state index in [9.17, 15) is 9.59 Å². The fraction of sp³-hybridized carbons (Fsp3) is 0.857. The lowest BCUT2D eigenvalue weighted by Gasteiger charge is -2.34. The molecule has 2 aliphatic rings. The van der Waals surface area contributed by atoms with Crippen LogP contribution in [0.1, 0.15) is 32.6 Å². The Bertz CT molecular complexity index is 353. The molecule has 0 aromatic carbocycles. The Morgan fingerprint density at radius 2 is 2.05 bits per heavy atom. The second-order valence-corrected chi connectivity index (χ2v) is 5.35. The molecule has 2 rings (SSSR count). The number of hydrogen-bond donors (Lipinski definition) is 1. The number of nitrogens with zero attached hydrogens (tertiary/aromatic N) is 1. The van der Waals surface area contributed by atoms with Crippen LogP contribution in [0.3, 0.4) is 0 Å². The normalized spacial score (nSPS) is 26.2. The van der Waals surface area contributed by atoms with E-state index in [0.717, 1.165) is 19.3 Å². The zero-order valence-corrected chi connectivity index (χ0v) is 11.9. The molecule has 1 amide bonds. The van der Waals surface area contributed by atoms with Crippen molar-refractivity contribution in [2.45, 2.75) is 44.8 Å². The van der Waals surface area contributed by atoms with Crippen LogP contribution in [0.2, 0.25) is 0 Å². The van der Waals surface area contributed by atoms with Gasteiger partial charge in [-0.1, -0.05) is 0 Å². The molecule has 0 bridgehead atoms. The lowest BCUT2D eigenvalue weighted by atomic mass is 10.1. The predicted octanol–water partition coefficient (Wildman–Crippen LogP) is 0.894. The first-order valence-electron chi connectivity index (χ1n) is 7.35. The molecule has 20 heavy (non-hydrogen) atoms. The number of hydrogen-bond acceptors (Lipinski definition) is 4. The van der Waals surface area contributed by atoms with Crippen LogP contribution < -0.4 is 0 Å². The molecule has 114 valence electrons. The maximum absolute atomic E-state index is 12.5. The number of aliphatic carboxylic acids is 1. The molecule has 0 aromatic rings. The van der Waals surface area contributed by atoms with Gasteiger partial charge < -0.3 is 19.5 Å². The van der Waals surface area contributed by atoms with Gasteiger partial charge in [0, 0.05) is 32.4 Å². The van der Waals surface area contributed by atoms with Gasteiger partial charge in [0.05, 0.1) is 18.4 Å². The van der Waals surface area contributed by atoms with E-state index in [-0.39, 0.29) is 36.9 Å². The van der Waals surface area contributed by atoms with Crippen LogP contribution in [0.4, 0.5) is 0 Å². The summed E-state index contributed by atoms with van der Waals surface area (Å²) >= 11 is 0. The van der Waals surface area contributed by atoms with Gasteiger partial charge >= 0.3 is 5.97 Å². The highest BCUT2D eigenvalue weighted by molar-refractivity contribution is 5.83. The molecule has 1 aliphatic carbocycles. The van der Waals surface area contributed by atoms with Gasteiger partial charge in [-0.15, -0.1) is 0 Å². The van der Waals surface area contributed by atoms with E-state index >= 15 is 0 Å². The molecule has 1 saturated carbocycles. The van der Waals surface area contributed by atoms with Gasteiger partial charge in [-0.25, -0.2) is 0 Å². The monoisotopic (exact) mass is 285 g/mol. The lowest BCUT2D eigenvalue weighted by molar-refractivity contribution is -0.141. The van der Waals surface area contributed by atoms with Crippen molar-refractivity contribution < 1.29 is 24.2 Å². The van der Waals surface area contributed by atoms with Crippen molar-refractivity contribution in [1.82, 2.24) is 4.90 Å². The summed E-state index contributed by atoms with van der Waals surface area (Å²) in [7, 11) is 0. The standard InChI is InChI=1S/C14H23NO5/c1-2-20-12-9-11(12)14(18)15(6-3-13(16)17)10-4-7-19-8-5-10/h10-12H,2-9H2,1H3,(H,16,17)/t11-,12+/m0/s1. The quantitative estimate of drug-likeness (QED) is 0.752. The fourth-order valence-corrected chi connectivity index (χ4v) is 2.73.